The average Bonchev–Trinajstić information content (AvgIpc) is 3.20. The number of aromatic nitrogens is 3. The van der Waals surface area contributed by atoms with Crippen LogP contribution in [0.2, 0.25) is 0 Å². The monoisotopic (exact) mass is 329 g/mol. The Morgan fingerprint density at radius 2 is 2.13 bits per heavy atom. The van der Waals surface area contributed by atoms with E-state index in [4.69, 9.17) is 4.74 Å². The lowest BCUT2D eigenvalue weighted by Crippen LogP contribution is -2.14. The third kappa shape index (κ3) is 3.14. The predicted molar refractivity (Wildman–Crippen MR) is 86.8 cm³/mol. The van der Waals surface area contributed by atoms with Crippen molar-refractivity contribution >= 4 is 34.1 Å². The lowest BCUT2D eigenvalue weighted by atomic mass is 10.2. The van der Waals surface area contributed by atoms with E-state index in [1.165, 1.54) is 17.5 Å². The Labute approximate surface area is 136 Å². The van der Waals surface area contributed by atoms with Crippen LogP contribution in [0.5, 0.6) is 0 Å². The topological polar surface area (TPSA) is 74.1 Å². The number of ketones is 1. The van der Waals surface area contributed by atoms with Gasteiger partial charge in [-0.3, -0.25) is 4.79 Å². The first-order valence-electron chi connectivity index (χ1n) is 7.12. The van der Waals surface area contributed by atoms with E-state index in [-0.39, 0.29) is 18.4 Å². The summed E-state index contributed by atoms with van der Waals surface area (Å²) in [5.74, 6) is -0.790. The molecule has 0 saturated carbocycles. The number of ether oxygens (including phenoxy) is 1. The largest absolute Gasteiger partial charge is 0.454 e. The summed E-state index contributed by atoms with van der Waals surface area (Å²) in [6, 6.07) is 3.56. The van der Waals surface area contributed by atoms with E-state index in [1.807, 2.05) is 13.8 Å². The lowest BCUT2D eigenvalue weighted by Gasteiger charge is -2.06. The molecule has 0 amide bonds. The van der Waals surface area contributed by atoms with Gasteiger partial charge in [-0.1, -0.05) is 0 Å². The Morgan fingerprint density at radius 3 is 2.83 bits per heavy atom. The van der Waals surface area contributed by atoms with Crippen LogP contribution >= 0.6 is 11.3 Å². The summed E-state index contributed by atoms with van der Waals surface area (Å²) in [5, 5.41) is 8.54. The fraction of sp³-hybridized carbons (Fsp3) is 0.250. The van der Waals surface area contributed by atoms with Gasteiger partial charge in [0.15, 0.2) is 12.3 Å². The van der Waals surface area contributed by atoms with Crippen LogP contribution < -0.4 is 0 Å². The number of esters is 1. The minimum Gasteiger partial charge on any atom is -0.454 e. The van der Waals surface area contributed by atoms with E-state index in [1.54, 1.807) is 33.8 Å². The SMILES string of the molecule is CC(C)n1ncc2cc(C(=O)OCC(=O)c3ccsc3)cnc21. The van der Waals surface area contributed by atoms with E-state index >= 15 is 0 Å². The number of Topliss-reactive ketones (excluding diaryl/α,β-unsaturated/α-hetero) is 1. The van der Waals surface area contributed by atoms with Gasteiger partial charge in [0.2, 0.25) is 5.78 Å². The number of carbonyl (C=O) groups is 2. The summed E-state index contributed by atoms with van der Waals surface area (Å²) >= 11 is 1.42. The van der Waals surface area contributed by atoms with E-state index in [0.29, 0.717) is 16.8 Å². The van der Waals surface area contributed by atoms with Gasteiger partial charge in [-0.05, 0) is 31.4 Å². The summed E-state index contributed by atoms with van der Waals surface area (Å²) in [7, 11) is 0. The highest BCUT2D eigenvalue weighted by Crippen LogP contribution is 2.17. The van der Waals surface area contributed by atoms with Crippen LogP contribution in [0, 0.1) is 0 Å². The van der Waals surface area contributed by atoms with Gasteiger partial charge in [-0.25, -0.2) is 14.5 Å². The highest BCUT2D eigenvalue weighted by molar-refractivity contribution is 7.08. The normalized spacial score (nSPS) is 11.1. The minimum absolute atomic E-state index is 0.182. The van der Waals surface area contributed by atoms with Gasteiger partial charge >= 0.3 is 5.97 Å². The van der Waals surface area contributed by atoms with E-state index in [9.17, 15) is 9.59 Å². The smallest absolute Gasteiger partial charge is 0.340 e. The number of nitrogens with zero attached hydrogens (tertiary/aromatic N) is 3. The predicted octanol–water partition coefficient (Wildman–Crippen LogP) is 3.11. The molecule has 0 N–H and O–H groups in total. The molecular formula is C16H15N3O3S. The van der Waals surface area contributed by atoms with Crippen molar-refractivity contribution in [3.05, 3.63) is 46.4 Å². The van der Waals surface area contributed by atoms with E-state index < -0.39 is 5.97 Å². The summed E-state index contributed by atoms with van der Waals surface area (Å²) in [5.41, 5.74) is 1.57. The molecule has 0 unspecified atom stereocenters. The second-order valence-electron chi connectivity index (χ2n) is 5.33. The van der Waals surface area contributed by atoms with Gasteiger partial charge in [0, 0.05) is 28.6 Å². The molecule has 0 aromatic carbocycles. The van der Waals surface area contributed by atoms with Gasteiger partial charge in [-0.15, -0.1) is 0 Å². The van der Waals surface area contributed by atoms with Crippen molar-refractivity contribution < 1.29 is 14.3 Å². The maximum absolute atomic E-state index is 12.1. The zero-order valence-corrected chi connectivity index (χ0v) is 13.5. The summed E-state index contributed by atoms with van der Waals surface area (Å²) in [4.78, 5) is 28.2. The summed E-state index contributed by atoms with van der Waals surface area (Å²) < 4.78 is 6.85. The number of hydrogen-bond acceptors (Lipinski definition) is 6. The molecule has 0 fully saturated rings. The van der Waals surface area contributed by atoms with Crippen LogP contribution in [-0.2, 0) is 4.74 Å². The molecule has 0 aliphatic carbocycles. The average molecular weight is 329 g/mol. The Morgan fingerprint density at radius 1 is 1.30 bits per heavy atom. The van der Waals surface area contributed by atoms with Gasteiger partial charge < -0.3 is 4.74 Å². The second-order valence-corrected chi connectivity index (χ2v) is 6.11. The second kappa shape index (κ2) is 6.29. The van der Waals surface area contributed by atoms with Gasteiger partial charge in [-0.2, -0.15) is 16.4 Å². The molecule has 3 rings (SSSR count). The van der Waals surface area contributed by atoms with Crippen molar-refractivity contribution in [2.75, 3.05) is 6.61 Å². The Kier molecular flexibility index (Phi) is 4.20. The molecular weight excluding hydrogens is 314 g/mol. The molecule has 3 heterocycles. The molecule has 0 spiro atoms. The van der Waals surface area contributed by atoms with Crippen LogP contribution in [0.4, 0.5) is 0 Å². The fourth-order valence-electron chi connectivity index (χ4n) is 2.15. The van der Waals surface area contributed by atoms with Crippen LogP contribution in [0.15, 0.2) is 35.3 Å². The summed E-state index contributed by atoms with van der Waals surface area (Å²) in [6.45, 7) is 3.73. The molecule has 0 saturated heterocycles. The Bertz CT molecular complexity index is 853. The molecule has 3 aromatic rings. The number of hydrogen-bond donors (Lipinski definition) is 0. The van der Waals surface area contributed by atoms with Crippen molar-refractivity contribution in [1.29, 1.82) is 0 Å². The molecule has 0 aliphatic heterocycles. The third-order valence-corrected chi connectivity index (χ3v) is 4.02. The molecule has 3 aromatic heterocycles. The van der Waals surface area contributed by atoms with Crippen molar-refractivity contribution in [2.45, 2.75) is 19.9 Å². The van der Waals surface area contributed by atoms with Gasteiger partial charge in [0.1, 0.15) is 0 Å². The maximum atomic E-state index is 12.1. The molecule has 6 nitrogen and oxygen atoms in total. The molecule has 7 heteroatoms. The van der Waals surface area contributed by atoms with Crippen LogP contribution in [0.3, 0.4) is 0 Å². The molecule has 118 valence electrons. The van der Waals surface area contributed by atoms with Gasteiger partial charge in [0.05, 0.1) is 11.8 Å². The lowest BCUT2D eigenvalue weighted by molar-refractivity contribution is 0.0474. The first-order chi connectivity index (χ1) is 11.1. The zero-order valence-electron chi connectivity index (χ0n) is 12.7. The van der Waals surface area contributed by atoms with Crippen molar-refractivity contribution in [1.82, 2.24) is 14.8 Å². The number of rotatable bonds is 5. The number of carbonyl (C=O) groups excluding carboxylic acids is 2. The van der Waals surface area contributed by atoms with Crippen LogP contribution in [0.1, 0.15) is 40.6 Å². The third-order valence-electron chi connectivity index (χ3n) is 3.34. The molecule has 0 atom stereocenters. The molecule has 0 bridgehead atoms. The molecule has 23 heavy (non-hydrogen) atoms. The maximum Gasteiger partial charge on any atom is 0.340 e. The molecule has 0 aliphatic rings. The number of thiophene rings is 1. The van der Waals surface area contributed by atoms with Crippen molar-refractivity contribution in [3.63, 3.8) is 0 Å². The highest BCUT2D eigenvalue weighted by Gasteiger charge is 2.15. The summed E-state index contributed by atoms with van der Waals surface area (Å²) in [6.07, 6.45) is 3.11. The minimum atomic E-state index is -0.569. The Balaban J connectivity index is 1.72. The van der Waals surface area contributed by atoms with E-state index in [0.717, 1.165) is 5.39 Å². The number of pyridine rings is 1. The van der Waals surface area contributed by atoms with E-state index in [2.05, 4.69) is 10.1 Å². The van der Waals surface area contributed by atoms with Crippen molar-refractivity contribution in [3.8, 4) is 0 Å². The quantitative estimate of drug-likeness (QED) is 0.531. The van der Waals surface area contributed by atoms with Gasteiger partial charge in [0.25, 0.3) is 0 Å². The fourth-order valence-corrected chi connectivity index (χ4v) is 2.81. The number of fused-ring (bicyclic) bond motifs is 1. The van der Waals surface area contributed by atoms with Crippen molar-refractivity contribution in [2.24, 2.45) is 0 Å². The molecule has 0 radical (unpaired) electrons. The first kappa shape index (κ1) is 15.4. The van der Waals surface area contributed by atoms with Crippen LogP contribution in [0.25, 0.3) is 11.0 Å². The highest BCUT2D eigenvalue weighted by atomic mass is 32.1. The standard InChI is InChI=1S/C16H15N3O3S/c1-10(2)19-15-12(7-18-19)5-13(6-17-15)16(21)22-8-14(20)11-3-4-23-9-11/h3-7,9-10H,8H2,1-2H3. The van der Waals surface area contributed by atoms with Crippen LogP contribution in [-0.4, -0.2) is 33.1 Å². The first-order valence-corrected chi connectivity index (χ1v) is 8.06. The zero-order chi connectivity index (χ0) is 16.4. The Hall–Kier alpha value is -2.54.